The fourth-order valence-electron chi connectivity index (χ4n) is 1.28. The van der Waals surface area contributed by atoms with E-state index in [-0.39, 0.29) is 0 Å². The molecule has 0 aliphatic heterocycles. The van der Waals surface area contributed by atoms with Crippen LogP contribution in [-0.4, -0.2) is 22.9 Å². The van der Waals surface area contributed by atoms with Crippen LogP contribution in [0.15, 0.2) is 22.7 Å². The van der Waals surface area contributed by atoms with Gasteiger partial charge in [0, 0.05) is 10.2 Å². The number of rotatable bonds is 4. The molecular weight excluding hydrogens is 260 g/mol. The summed E-state index contributed by atoms with van der Waals surface area (Å²) >= 11 is 3.26. The van der Waals surface area contributed by atoms with Crippen molar-refractivity contribution in [2.75, 3.05) is 12.3 Å². The van der Waals surface area contributed by atoms with Crippen LogP contribution in [0, 0.1) is 0 Å². The van der Waals surface area contributed by atoms with Crippen LogP contribution in [0.1, 0.15) is 18.1 Å². The fourth-order valence-corrected chi connectivity index (χ4v) is 1.67. The lowest BCUT2D eigenvalue weighted by molar-refractivity contribution is 0.0150. The Hall–Kier alpha value is -0.620. The summed E-state index contributed by atoms with van der Waals surface area (Å²) in [7, 11) is 0. The molecule has 0 radical (unpaired) electrons. The molecule has 5 heteroatoms. The van der Waals surface area contributed by atoms with Crippen LogP contribution >= 0.6 is 15.9 Å². The average molecular weight is 275 g/mol. The maximum atomic E-state index is 9.77. The highest BCUT2D eigenvalue weighted by Crippen LogP contribution is 2.26. The van der Waals surface area contributed by atoms with Crippen LogP contribution in [-0.2, 0) is 0 Å². The minimum absolute atomic E-state index is 0.342. The van der Waals surface area contributed by atoms with Crippen LogP contribution in [0.3, 0.4) is 0 Å². The van der Waals surface area contributed by atoms with Crippen molar-refractivity contribution in [3.05, 3.63) is 28.2 Å². The molecule has 84 valence electrons. The van der Waals surface area contributed by atoms with Gasteiger partial charge in [-0.15, -0.1) is 0 Å². The molecule has 1 aromatic carbocycles. The molecule has 2 unspecified atom stereocenters. The Morgan fingerprint density at radius 2 is 2.00 bits per heavy atom. The molecule has 15 heavy (non-hydrogen) atoms. The molecule has 4 nitrogen and oxygen atoms in total. The highest BCUT2D eigenvalue weighted by atomic mass is 79.9. The molecule has 1 aromatic rings. The molecule has 0 aliphatic carbocycles. The van der Waals surface area contributed by atoms with Gasteiger partial charge in [0.15, 0.2) is 0 Å². The van der Waals surface area contributed by atoms with Crippen LogP contribution in [0.4, 0.5) is 5.69 Å². The number of nitrogens with two attached hydrogens (primary N) is 2. The second-order valence-corrected chi connectivity index (χ2v) is 4.22. The monoisotopic (exact) mass is 274 g/mol. The summed E-state index contributed by atoms with van der Waals surface area (Å²) < 4.78 is 0.707. The van der Waals surface area contributed by atoms with Gasteiger partial charge in [0.05, 0.1) is 6.10 Å². The van der Waals surface area contributed by atoms with Crippen molar-refractivity contribution < 1.29 is 10.2 Å². The van der Waals surface area contributed by atoms with Gasteiger partial charge in [-0.05, 0) is 46.6 Å². The van der Waals surface area contributed by atoms with Gasteiger partial charge in [0.25, 0.3) is 0 Å². The van der Waals surface area contributed by atoms with E-state index in [2.05, 4.69) is 15.9 Å². The van der Waals surface area contributed by atoms with Crippen LogP contribution in [0.25, 0.3) is 0 Å². The molecule has 6 N–H and O–H groups in total. The van der Waals surface area contributed by atoms with Gasteiger partial charge in [-0.25, -0.2) is 0 Å². The van der Waals surface area contributed by atoms with Crippen molar-refractivity contribution in [1.29, 1.82) is 0 Å². The normalized spacial score (nSPS) is 14.9. The van der Waals surface area contributed by atoms with E-state index in [1.54, 1.807) is 18.2 Å². The standard InChI is InChI=1S/C10H15BrN2O2/c11-7-5-6(1-2-8(7)13)10(15)9(14)3-4-12/h1-2,5,9-10,14-15H,3-4,12-13H2. The third-order valence-corrected chi connectivity index (χ3v) is 2.88. The molecule has 0 spiro atoms. The fraction of sp³-hybridized carbons (Fsp3) is 0.400. The minimum atomic E-state index is -0.926. The first-order valence-corrected chi connectivity index (χ1v) is 5.46. The first kappa shape index (κ1) is 12.4. The SMILES string of the molecule is NCCC(O)C(O)c1ccc(N)c(Br)c1. The zero-order chi connectivity index (χ0) is 11.4. The predicted molar refractivity (Wildman–Crippen MR) is 63.2 cm³/mol. The van der Waals surface area contributed by atoms with Gasteiger partial charge in [0.1, 0.15) is 6.10 Å². The molecule has 0 aromatic heterocycles. The topological polar surface area (TPSA) is 92.5 Å². The highest BCUT2D eigenvalue weighted by Gasteiger charge is 2.17. The van der Waals surface area contributed by atoms with E-state index in [1.165, 1.54) is 0 Å². The molecule has 0 bridgehead atoms. The van der Waals surface area contributed by atoms with E-state index in [9.17, 15) is 10.2 Å². The third kappa shape index (κ3) is 3.17. The van der Waals surface area contributed by atoms with E-state index in [0.29, 0.717) is 28.7 Å². The van der Waals surface area contributed by atoms with Crippen LogP contribution in [0.2, 0.25) is 0 Å². The van der Waals surface area contributed by atoms with Gasteiger partial charge in [-0.1, -0.05) is 6.07 Å². The van der Waals surface area contributed by atoms with Crippen LogP contribution < -0.4 is 11.5 Å². The molecular formula is C10H15BrN2O2. The summed E-state index contributed by atoms with van der Waals surface area (Å²) in [5.41, 5.74) is 12.1. The number of anilines is 1. The van der Waals surface area contributed by atoms with Crippen LogP contribution in [0.5, 0.6) is 0 Å². The molecule has 0 heterocycles. The van der Waals surface area contributed by atoms with Crippen molar-refractivity contribution >= 4 is 21.6 Å². The summed E-state index contributed by atoms with van der Waals surface area (Å²) in [5.74, 6) is 0. The number of aliphatic hydroxyl groups excluding tert-OH is 2. The Labute approximate surface area is 97.0 Å². The Kier molecular flexibility index (Phi) is 4.53. The van der Waals surface area contributed by atoms with E-state index in [0.717, 1.165) is 0 Å². The molecule has 0 saturated carbocycles. The maximum absolute atomic E-state index is 9.77. The highest BCUT2D eigenvalue weighted by molar-refractivity contribution is 9.10. The summed E-state index contributed by atoms with van der Waals surface area (Å²) in [5, 5.41) is 19.3. The Bertz CT molecular complexity index is 333. The maximum Gasteiger partial charge on any atom is 0.105 e. The van der Waals surface area contributed by atoms with Gasteiger partial charge in [-0.3, -0.25) is 0 Å². The lowest BCUT2D eigenvalue weighted by atomic mass is 10.0. The molecule has 0 fully saturated rings. The van der Waals surface area contributed by atoms with Crippen molar-refractivity contribution in [3.63, 3.8) is 0 Å². The Morgan fingerprint density at radius 3 is 2.53 bits per heavy atom. The molecule has 0 saturated heterocycles. The van der Waals surface area contributed by atoms with E-state index >= 15 is 0 Å². The quantitative estimate of drug-likeness (QED) is 0.611. The first-order chi connectivity index (χ1) is 7.06. The zero-order valence-corrected chi connectivity index (χ0v) is 9.81. The number of halogens is 1. The van der Waals surface area contributed by atoms with Crippen molar-refractivity contribution in [2.24, 2.45) is 5.73 Å². The molecule has 0 aliphatic rings. The van der Waals surface area contributed by atoms with E-state index in [1.807, 2.05) is 0 Å². The van der Waals surface area contributed by atoms with E-state index < -0.39 is 12.2 Å². The number of benzene rings is 1. The number of hydrogen-bond donors (Lipinski definition) is 4. The molecule has 1 rings (SSSR count). The Balaban J connectivity index is 2.81. The summed E-state index contributed by atoms with van der Waals surface area (Å²) in [4.78, 5) is 0. The number of aliphatic hydroxyl groups is 2. The molecule has 2 atom stereocenters. The van der Waals surface area contributed by atoms with E-state index in [4.69, 9.17) is 11.5 Å². The largest absolute Gasteiger partial charge is 0.398 e. The zero-order valence-electron chi connectivity index (χ0n) is 8.23. The smallest absolute Gasteiger partial charge is 0.105 e. The lowest BCUT2D eigenvalue weighted by Crippen LogP contribution is -2.21. The third-order valence-electron chi connectivity index (χ3n) is 2.19. The second kappa shape index (κ2) is 5.46. The van der Waals surface area contributed by atoms with Gasteiger partial charge < -0.3 is 21.7 Å². The summed E-state index contributed by atoms with van der Waals surface area (Å²) in [6.45, 7) is 0.342. The second-order valence-electron chi connectivity index (χ2n) is 3.37. The van der Waals surface area contributed by atoms with Crippen molar-refractivity contribution in [3.8, 4) is 0 Å². The van der Waals surface area contributed by atoms with Gasteiger partial charge in [0.2, 0.25) is 0 Å². The summed E-state index contributed by atoms with van der Waals surface area (Å²) in [6, 6.07) is 5.06. The van der Waals surface area contributed by atoms with Gasteiger partial charge >= 0.3 is 0 Å². The first-order valence-electron chi connectivity index (χ1n) is 4.67. The Morgan fingerprint density at radius 1 is 1.33 bits per heavy atom. The average Bonchev–Trinajstić information content (AvgIpc) is 2.21. The summed E-state index contributed by atoms with van der Waals surface area (Å²) in [6.07, 6.45) is -1.40. The van der Waals surface area contributed by atoms with Crippen molar-refractivity contribution in [1.82, 2.24) is 0 Å². The minimum Gasteiger partial charge on any atom is -0.398 e. The van der Waals surface area contributed by atoms with Crippen molar-refractivity contribution in [2.45, 2.75) is 18.6 Å². The number of hydrogen-bond acceptors (Lipinski definition) is 4. The number of nitrogen functional groups attached to an aromatic ring is 1. The molecule has 0 amide bonds. The van der Waals surface area contributed by atoms with Gasteiger partial charge in [-0.2, -0.15) is 0 Å². The lowest BCUT2D eigenvalue weighted by Gasteiger charge is -2.17. The predicted octanol–water partition coefficient (Wildman–Crippen LogP) is 0.774.